The van der Waals surface area contributed by atoms with Crippen LogP contribution >= 0.6 is 7.92 Å². The van der Waals surface area contributed by atoms with Gasteiger partial charge in [0.05, 0.1) is 5.69 Å². The fourth-order valence-corrected chi connectivity index (χ4v) is 6.55. The summed E-state index contributed by atoms with van der Waals surface area (Å²) in [5.74, 6) is 0.728. The van der Waals surface area contributed by atoms with Crippen molar-refractivity contribution in [1.82, 2.24) is 14.8 Å². The lowest BCUT2D eigenvalue weighted by atomic mass is 10.1. The lowest BCUT2D eigenvalue weighted by Gasteiger charge is -2.28. The molecule has 1 aromatic heterocycles. The Morgan fingerprint density at radius 2 is 1.21 bits per heavy atom. The van der Waals surface area contributed by atoms with Gasteiger partial charge in [-0.3, -0.25) is 4.68 Å². The zero-order chi connectivity index (χ0) is 22.6. The zero-order valence-electron chi connectivity index (χ0n) is 18.7. The van der Waals surface area contributed by atoms with E-state index in [9.17, 15) is 0 Å². The van der Waals surface area contributed by atoms with Crippen molar-refractivity contribution < 1.29 is 0 Å². The second kappa shape index (κ2) is 9.40. The van der Waals surface area contributed by atoms with Gasteiger partial charge < -0.3 is 4.90 Å². The van der Waals surface area contributed by atoms with E-state index in [0.717, 1.165) is 17.1 Å². The molecule has 5 rings (SSSR count). The Balaban J connectivity index is 1.65. The van der Waals surface area contributed by atoms with Crippen molar-refractivity contribution in [3.63, 3.8) is 0 Å². The van der Waals surface area contributed by atoms with Crippen LogP contribution in [0.1, 0.15) is 0 Å². The van der Waals surface area contributed by atoms with E-state index >= 15 is 0 Å². The average Bonchev–Trinajstić information content (AvgIpc) is 3.31. The normalized spacial score (nSPS) is 11.0. The largest absolute Gasteiger partial charge is 0.343 e. The van der Waals surface area contributed by atoms with Crippen LogP contribution in [0.25, 0.3) is 11.4 Å². The van der Waals surface area contributed by atoms with Crippen LogP contribution in [-0.2, 0) is 7.05 Å². The van der Waals surface area contributed by atoms with Crippen LogP contribution in [0.4, 0.5) is 11.4 Å². The minimum absolute atomic E-state index is 0.726. The number of nitrogens with zero attached hydrogens (tertiary/aromatic N) is 4. The fourth-order valence-electron chi connectivity index (χ4n) is 4.07. The number of benzene rings is 4. The first-order chi connectivity index (χ1) is 16.2. The third kappa shape index (κ3) is 4.30. The van der Waals surface area contributed by atoms with Gasteiger partial charge in [-0.1, -0.05) is 91.0 Å². The molecular formula is C28H25N4P. The minimum atomic E-state index is -0.726. The van der Waals surface area contributed by atoms with Gasteiger partial charge in [0.2, 0.25) is 0 Å². The van der Waals surface area contributed by atoms with Crippen molar-refractivity contribution in [3.8, 4) is 11.4 Å². The molecule has 0 fully saturated rings. The van der Waals surface area contributed by atoms with E-state index in [-0.39, 0.29) is 0 Å². The van der Waals surface area contributed by atoms with Crippen LogP contribution in [0.2, 0.25) is 0 Å². The molecule has 162 valence electrons. The topological polar surface area (TPSA) is 34.0 Å². The molecule has 0 N–H and O–H groups in total. The van der Waals surface area contributed by atoms with E-state index < -0.39 is 7.92 Å². The molecule has 0 bridgehead atoms. The molecule has 0 radical (unpaired) electrons. The molecule has 5 heteroatoms. The van der Waals surface area contributed by atoms with Crippen molar-refractivity contribution in [2.24, 2.45) is 7.05 Å². The van der Waals surface area contributed by atoms with Gasteiger partial charge in [-0.05, 0) is 36.7 Å². The Bertz CT molecular complexity index is 1310. The molecule has 1 heterocycles. The number of hydrogen-bond donors (Lipinski definition) is 0. The van der Waals surface area contributed by atoms with Crippen LogP contribution < -0.4 is 20.8 Å². The molecule has 0 aliphatic heterocycles. The second-order valence-electron chi connectivity index (χ2n) is 7.81. The SMILES string of the molecule is CN(c1ccccc1-c1ncn(C)n1)c1ccccc1P(c1ccccc1)c1ccccc1. The molecule has 4 aromatic carbocycles. The van der Waals surface area contributed by atoms with E-state index in [0.29, 0.717) is 0 Å². The van der Waals surface area contributed by atoms with Crippen LogP contribution in [0, 0.1) is 0 Å². The van der Waals surface area contributed by atoms with Gasteiger partial charge >= 0.3 is 0 Å². The summed E-state index contributed by atoms with van der Waals surface area (Å²) >= 11 is 0. The molecule has 5 aromatic rings. The number of anilines is 2. The van der Waals surface area contributed by atoms with Crippen molar-refractivity contribution in [3.05, 3.63) is 116 Å². The van der Waals surface area contributed by atoms with Crippen LogP contribution in [0.15, 0.2) is 116 Å². The first-order valence-electron chi connectivity index (χ1n) is 10.9. The van der Waals surface area contributed by atoms with Crippen LogP contribution in [0.5, 0.6) is 0 Å². The predicted molar refractivity (Wildman–Crippen MR) is 140 cm³/mol. The third-order valence-electron chi connectivity index (χ3n) is 5.62. The Labute approximate surface area is 195 Å². The smallest absolute Gasteiger partial charge is 0.183 e. The monoisotopic (exact) mass is 448 g/mol. The van der Waals surface area contributed by atoms with E-state index in [1.165, 1.54) is 21.6 Å². The molecule has 0 amide bonds. The minimum Gasteiger partial charge on any atom is -0.343 e. The van der Waals surface area contributed by atoms with Gasteiger partial charge in [-0.2, -0.15) is 5.10 Å². The number of para-hydroxylation sites is 2. The number of aromatic nitrogens is 3. The number of hydrogen-bond acceptors (Lipinski definition) is 3. The van der Waals surface area contributed by atoms with E-state index in [4.69, 9.17) is 0 Å². The fraction of sp³-hybridized carbons (Fsp3) is 0.0714. The highest BCUT2D eigenvalue weighted by Crippen LogP contribution is 2.39. The predicted octanol–water partition coefficient (Wildman–Crippen LogP) is 5.01. The molecule has 0 saturated carbocycles. The van der Waals surface area contributed by atoms with Gasteiger partial charge in [-0.25, -0.2) is 4.98 Å². The highest BCUT2D eigenvalue weighted by Gasteiger charge is 2.22. The molecule has 0 atom stereocenters. The molecule has 33 heavy (non-hydrogen) atoms. The average molecular weight is 449 g/mol. The summed E-state index contributed by atoms with van der Waals surface area (Å²) in [5.41, 5.74) is 3.27. The Morgan fingerprint density at radius 3 is 1.82 bits per heavy atom. The summed E-state index contributed by atoms with van der Waals surface area (Å²) in [6, 6.07) is 38.7. The number of aryl methyl sites for hydroxylation is 1. The van der Waals surface area contributed by atoms with E-state index in [2.05, 4.69) is 125 Å². The molecule has 0 spiro atoms. The lowest BCUT2D eigenvalue weighted by Crippen LogP contribution is -2.26. The van der Waals surface area contributed by atoms with E-state index in [1.807, 2.05) is 13.1 Å². The summed E-state index contributed by atoms with van der Waals surface area (Å²) in [4.78, 5) is 6.77. The van der Waals surface area contributed by atoms with Crippen molar-refractivity contribution in [1.29, 1.82) is 0 Å². The van der Waals surface area contributed by atoms with Crippen molar-refractivity contribution in [2.75, 3.05) is 11.9 Å². The summed E-state index contributed by atoms with van der Waals surface area (Å²) in [5, 5.41) is 8.53. The Hall–Kier alpha value is -3.75. The van der Waals surface area contributed by atoms with Crippen molar-refractivity contribution in [2.45, 2.75) is 0 Å². The van der Waals surface area contributed by atoms with E-state index in [1.54, 1.807) is 11.0 Å². The maximum Gasteiger partial charge on any atom is 0.183 e. The number of rotatable bonds is 6. The Kier molecular flexibility index (Phi) is 6.01. The quantitative estimate of drug-likeness (QED) is 0.343. The van der Waals surface area contributed by atoms with Crippen LogP contribution in [0.3, 0.4) is 0 Å². The zero-order valence-corrected chi connectivity index (χ0v) is 19.6. The first kappa shape index (κ1) is 21.1. The molecule has 4 nitrogen and oxygen atoms in total. The highest BCUT2D eigenvalue weighted by molar-refractivity contribution is 7.80. The molecule has 0 aliphatic carbocycles. The van der Waals surface area contributed by atoms with Crippen molar-refractivity contribution >= 4 is 35.2 Å². The van der Waals surface area contributed by atoms with Gasteiger partial charge in [0.15, 0.2) is 5.82 Å². The second-order valence-corrected chi connectivity index (χ2v) is 10.00. The summed E-state index contributed by atoms with van der Waals surface area (Å²) in [6.45, 7) is 0. The molecule has 0 saturated heterocycles. The maximum atomic E-state index is 4.55. The summed E-state index contributed by atoms with van der Waals surface area (Å²) in [7, 11) is 3.30. The summed E-state index contributed by atoms with van der Waals surface area (Å²) < 4.78 is 1.74. The summed E-state index contributed by atoms with van der Waals surface area (Å²) in [6.07, 6.45) is 1.74. The maximum absolute atomic E-state index is 4.55. The van der Waals surface area contributed by atoms with Crippen LogP contribution in [-0.4, -0.2) is 21.8 Å². The molecule has 0 aliphatic rings. The molecule has 0 unspecified atom stereocenters. The van der Waals surface area contributed by atoms with Gasteiger partial charge in [0.1, 0.15) is 6.33 Å². The standard InChI is InChI=1S/C28H25N4P/c1-31-21-29-28(30-31)24-17-9-10-18-25(24)32(2)26-19-11-12-20-27(26)33(22-13-5-3-6-14-22)23-15-7-4-8-16-23/h3-21H,1-2H3. The molecular weight excluding hydrogens is 423 g/mol. The lowest BCUT2D eigenvalue weighted by molar-refractivity contribution is 0.768. The third-order valence-corrected chi connectivity index (χ3v) is 8.11. The van der Waals surface area contributed by atoms with Gasteiger partial charge in [-0.15, -0.1) is 0 Å². The van der Waals surface area contributed by atoms with Gasteiger partial charge in [0, 0.05) is 30.7 Å². The first-order valence-corrected chi connectivity index (χ1v) is 12.2. The Morgan fingerprint density at radius 1 is 0.667 bits per heavy atom. The van der Waals surface area contributed by atoms with Gasteiger partial charge in [0.25, 0.3) is 0 Å². The highest BCUT2D eigenvalue weighted by atomic mass is 31.1.